The summed E-state index contributed by atoms with van der Waals surface area (Å²) < 4.78 is 7.29. The minimum Gasteiger partial charge on any atom is -0.379 e. The van der Waals surface area contributed by atoms with Gasteiger partial charge in [0.25, 0.3) is 0 Å². The minimum absolute atomic E-state index is 0.254. The molecule has 0 saturated carbocycles. The van der Waals surface area contributed by atoms with E-state index in [0.29, 0.717) is 28.8 Å². The lowest BCUT2D eigenvalue weighted by atomic mass is 10.2. The van der Waals surface area contributed by atoms with Crippen molar-refractivity contribution < 1.29 is 9.53 Å². The summed E-state index contributed by atoms with van der Waals surface area (Å²) in [5.41, 5.74) is 4.06. The van der Waals surface area contributed by atoms with Crippen molar-refractivity contribution in [3.05, 3.63) is 84.6 Å². The maximum atomic E-state index is 11.9. The number of halogens is 1. The van der Waals surface area contributed by atoms with Crippen LogP contribution >= 0.6 is 11.6 Å². The molecule has 1 aliphatic heterocycles. The number of rotatable bonds is 9. The lowest BCUT2D eigenvalue weighted by molar-refractivity contribution is -0.111. The first-order chi connectivity index (χ1) is 18.1. The Balaban J connectivity index is 1.43. The number of ether oxygens (including phenoxy) is 1. The summed E-state index contributed by atoms with van der Waals surface area (Å²) in [5, 5.41) is 7.73. The summed E-state index contributed by atoms with van der Waals surface area (Å²) in [7, 11) is 0. The van der Waals surface area contributed by atoms with Gasteiger partial charge < -0.3 is 15.0 Å². The van der Waals surface area contributed by atoms with E-state index in [-0.39, 0.29) is 5.91 Å². The number of hydrogen-bond donors (Lipinski definition) is 1. The van der Waals surface area contributed by atoms with E-state index in [1.165, 1.54) is 6.08 Å². The molecule has 0 atom stereocenters. The number of carbonyl (C=O) groups excluding carboxylic acids is 1. The number of carbonyl (C=O) groups is 1. The Morgan fingerprint density at radius 1 is 1.19 bits per heavy atom. The smallest absolute Gasteiger partial charge is 0.247 e. The molecule has 0 unspecified atom stereocenters. The number of morpholine rings is 1. The fourth-order valence-corrected chi connectivity index (χ4v) is 4.51. The van der Waals surface area contributed by atoms with Gasteiger partial charge in [0.1, 0.15) is 5.82 Å². The molecule has 37 heavy (non-hydrogen) atoms. The van der Waals surface area contributed by atoms with E-state index >= 15 is 0 Å². The highest BCUT2D eigenvalue weighted by atomic mass is 35.5. The minimum atomic E-state index is -0.254. The van der Waals surface area contributed by atoms with Crippen LogP contribution in [0, 0.1) is 0 Å². The molecule has 1 amide bonds. The Kier molecular flexibility index (Phi) is 7.74. The summed E-state index contributed by atoms with van der Waals surface area (Å²) in [6, 6.07) is 13.6. The normalized spacial score (nSPS) is 14.0. The molecule has 5 rings (SSSR count). The molecule has 1 fully saturated rings. The first-order valence-corrected chi connectivity index (χ1v) is 12.5. The molecule has 0 radical (unpaired) electrons. The largest absolute Gasteiger partial charge is 0.379 e. The molecule has 0 aliphatic carbocycles. The van der Waals surface area contributed by atoms with Crippen molar-refractivity contribution in [3.8, 4) is 11.3 Å². The van der Waals surface area contributed by atoms with Crippen LogP contribution in [0.25, 0.3) is 16.8 Å². The predicted molar refractivity (Wildman–Crippen MR) is 145 cm³/mol. The van der Waals surface area contributed by atoms with Gasteiger partial charge in [0.15, 0.2) is 0 Å². The highest BCUT2D eigenvalue weighted by Crippen LogP contribution is 2.29. The van der Waals surface area contributed by atoms with E-state index in [9.17, 15) is 4.79 Å². The van der Waals surface area contributed by atoms with Crippen LogP contribution in [-0.2, 0) is 16.1 Å². The molecule has 1 aliphatic rings. The van der Waals surface area contributed by atoms with Gasteiger partial charge in [-0.1, -0.05) is 30.3 Å². The van der Waals surface area contributed by atoms with Crippen LogP contribution in [0.4, 0.5) is 11.4 Å². The highest BCUT2D eigenvalue weighted by molar-refractivity contribution is 6.33. The fraction of sp³-hybridized carbons (Fsp3) is 0.259. The lowest BCUT2D eigenvalue weighted by Crippen LogP contribution is -2.41. The van der Waals surface area contributed by atoms with E-state index in [0.717, 1.165) is 56.2 Å². The molecular weight excluding hydrogens is 490 g/mol. The number of anilines is 2. The van der Waals surface area contributed by atoms with Crippen LogP contribution in [0.5, 0.6) is 0 Å². The van der Waals surface area contributed by atoms with Crippen LogP contribution in [0.1, 0.15) is 5.82 Å². The summed E-state index contributed by atoms with van der Waals surface area (Å²) in [6.45, 7) is 8.90. The van der Waals surface area contributed by atoms with Crippen LogP contribution in [0.2, 0.25) is 5.02 Å². The van der Waals surface area contributed by atoms with Crippen molar-refractivity contribution in [1.29, 1.82) is 0 Å². The average molecular weight is 518 g/mol. The second-order valence-electron chi connectivity index (χ2n) is 8.69. The van der Waals surface area contributed by atoms with Gasteiger partial charge in [0.05, 0.1) is 42.2 Å². The van der Waals surface area contributed by atoms with Crippen molar-refractivity contribution in [2.45, 2.75) is 6.54 Å². The topological polar surface area (TPSA) is 87.9 Å². The summed E-state index contributed by atoms with van der Waals surface area (Å²) >= 11 is 6.54. The molecule has 0 bridgehead atoms. The molecule has 1 saturated heterocycles. The maximum Gasteiger partial charge on any atom is 0.247 e. The number of fused-ring (bicyclic) bond motifs is 1. The van der Waals surface area contributed by atoms with E-state index in [1.807, 2.05) is 48.7 Å². The Morgan fingerprint density at radius 3 is 2.89 bits per heavy atom. The monoisotopic (exact) mass is 517 g/mol. The fourth-order valence-electron chi connectivity index (χ4n) is 4.32. The molecule has 1 aromatic carbocycles. The van der Waals surface area contributed by atoms with Gasteiger partial charge in [0, 0.05) is 55.5 Å². The number of amides is 1. The summed E-state index contributed by atoms with van der Waals surface area (Å²) in [4.78, 5) is 25.9. The zero-order valence-corrected chi connectivity index (χ0v) is 21.1. The van der Waals surface area contributed by atoms with Gasteiger partial charge in [0.2, 0.25) is 5.91 Å². The van der Waals surface area contributed by atoms with Crippen LogP contribution in [-0.4, -0.2) is 69.8 Å². The Morgan fingerprint density at radius 2 is 2.05 bits per heavy atom. The molecule has 1 N–H and O–H groups in total. The highest BCUT2D eigenvalue weighted by Gasteiger charge is 2.18. The van der Waals surface area contributed by atoms with Gasteiger partial charge in [-0.05, 0) is 36.4 Å². The van der Waals surface area contributed by atoms with Crippen molar-refractivity contribution in [3.63, 3.8) is 0 Å². The molecule has 3 aromatic heterocycles. The van der Waals surface area contributed by atoms with Gasteiger partial charge in [-0.25, -0.2) is 14.5 Å². The van der Waals surface area contributed by atoms with Crippen molar-refractivity contribution >= 4 is 34.4 Å². The number of nitrogens with one attached hydrogen (secondary N) is 1. The number of pyridine rings is 1. The Hall–Kier alpha value is -3.79. The first-order valence-electron chi connectivity index (χ1n) is 12.1. The van der Waals surface area contributed by atoms with Crippen LogP contribution in [0.15, 0.2) is 73.7 Å². The zero-order valence-electron chi connectivity index (χ0n) is 20.4. The first kappa shape index (κ1) is 24.9. The van der Waals surface area contributed by atoms with Gasteiger partial charge >= 0.3 is 0 Å². The zero-order chi connectivity index (χ0) is 25.6. The van der Waals surface area contributed by atoms with E-state index < -0.39 is 0 Å². The number of aromatic nitrogens is 4. The molecule has 0 spiro atoms. The molecule has 10 heteroatoms. The van der Waals surface area contributed by atoms with Crippen LogP contribution in [0.3, 0.4) is 0 Å². The third-order valence-corrected chi connectivity index (χ3v) is 6.54. The standard InChI is InChI=1S/C27H28ClN7O2/c1-2-26(36)31-20-6-5-7-21(16-20)34(11-10-33-12-14-37-15-13-33)19-25-29-18-23(28)27(32-25)22-17-30-35-9-4-3-8-24(22)35/h2-9,16-18H,1,10-15,19H2,(H,31,36). The van der Waals surface area contributed by atoms with Gasteiger partial charge in [-0.2, -0.15) is 5.10 Å². The SMILES string of the molecule is C=CC(=O)Nc1cccc(N(CCN2CCOCC2)Cc2ncc(Cl)c(-c3cnn4ccccc34)n2)c1. The third kappa shape index (κ3) is 5.96. The summed E-state index contributed by atoms with van der Waals surface area (Å²) in [5.74, 6) is 0.383. The average Bonchev–Trinajstić information content (AvgIpc) is 3.36. The molecule has 4 aromatic rings. The third-order valence-electron chi connectivity index (χ3n) is 6.26. The van der Waals surface area contributed by atoms with Gasteiger partial charge in [-0.3, -0.25) is 9.69 Å². The van der Waals surface area contributed by atoms with Gasteiger partial charge in [-0.15, -0.1) is 0 Å². The van der Waals surface area contributed by atoms with E-state index in [2.05, 4.69) is 31.8 Å². The number of benzene rings is 1. The second kappa shape index (κ2) is 11.5. The predicted octanol–water partition coefficient (Wildman–Crippen LogP) is 3.91. The molecular formula is C27H28ClN7O2. The van der Waals surface area contributed by atoms with Crippen LogP contribution < -0.4 is 10.2 Å². The Bertz CT molecular complexity index is 1400. The number of hydrogen-bond acceptors (Lipinski definition) is 7. The molecule has 190 valence electrons. The van der Waals surface area contributed by atoms with Crippen molar-refractivity contribution in [2.24, 2.45) is 0 Å². The molecule has 9 nitrogen and oxygen atoms in total. The van der Waals surface area contributed by atoms with E-state index in [1.54, 1.807) is 16.9 Å². The number of nitrogens with zero attached hydrogens (tertiary/aromatic N) is 6. The molecule has 4 heterocycles. The van der Waals surface area contributed by atoms with E-state index in [4.69, 9.17) is 21.3 Å². The lowest BCUT2D eigenvalue weighted by Gasteiger charge is -2.31. The van der Waals surface area contributed by atoms with Crippen molar-refractivity contribution in [1.82, 2.24) is 24.5 Å². The van der Waals surface area contributed by atoms with Crippen molar-refractivity contribution in [2.75, 3.05) is 49.6 Å². The quantitative estimate of drug-likeness (QED) is 0.337. The second-order valence-corrected chi connectivity index (χ2v) is 9.10. The maximum absolute atomic E-state index is 11.9. The Labute approximate surface area is 220 Å². The summed E-state index contributed by atoms with van der Waals surface area (Å²) in [6.07, 6.45) is 6.56.